The summed E-state index contributed by atoms with van der Waals surface area (Å²) in [5.41, 5.74) is 1.73. The molecule has 130 valence electrons. The molecule has 1 amide bonds. The van der Waals surface area contributed by atoms with Crippen molar-refractivity contribution in [3.8, 4) is 5.75 Å². The second-order valence-electron chi connectivity index (χ2n) is 5.87. The van der Waals surface area contributed by atoms with Gasteiger partial charge in [-0.25, -0.2) is 4.39 Å². The number of carbonyl (C=O) groups excluding carboxylic acids is 1. The van der Waals surface area contributed by atoms with Gasteiger partial charge in [0.15, 0.2) is 0 Å². The van der Waals surface area contributed by atoms with Crippen molar-refractivity contribution in [2.24, 2.45) is 0 Å². The highest BCUT2D eigenvalue weighted by Gasteiger charge is 2.21. The zero-order chi connectivity index (χ0) is 17.6. The highest BCUT2D eigenvalue weighted by Crippen LogP contribution is 2.28. The summed E-state index contributed by atoms with van der Waals surface area (Å²) in [4.78, 5) is 16.4. The Morgan fingerprint density at radius 3 is 2.56 bits per heavy atom. The average molecular weight is 340 g/mol. The molecule has 0 unspecified atom stereocenters. The topological polar surface area (TPSA) is 32.8 Å². The van der Waals surface area contributed by atoms with Crippen LogP contribution in [0.5, 0.6) is 5.75 Å². The minimum Gasteiger partial charge on any atom is -0.495 e. The molecule has 1 aliphatic rings. The number of nitrogens with zero attached hydrogens (tertiary/aromatic N) is 2. The summed E-state index contributed by atoms with van der Waals surface area (Å²) in [5, 5.41) is 0. The first-order valence-corrected chi connectivity index (χ1v) is 8.28. The lowest BCUT2D eigenvalue weighted by Gasteiger charge is -2.36. The molecule has 0 N–H and O–H groups in total. The smallest absolute Gasteiger partial charge is 0.246 e. The van der Waals surface area contributed by atoms with Crippen molar-refractivity contribution in [2.45, 2.75) is 0 Å². The van der Waals surface area contributed by atoms with Crippen LogP contribution in [0.1, 0.15) is 5.56 Å². The Morgan fingerprint density at radius 2 is 1.84 bits per heavy atom. The standard InChI is InChI=1S/C20H21FN2O2/c1-25-19-8-3-2-7-18(19)22-11-13-23(14-12-22)20(24)10-9-16-5-4-6-17(21)15-16/h2-10,15H,11-14H2,1H3. The van der Waals surface area contributed by atoms with Gasteiger partial charge < -0.3 is 14.5 Å². The van der Waals surface area contributed by atoms with Gasteiger partial charge in [-0.2, -0.15) is 0 Å². The van der Waals surface area contributed by atoms with E-state index >= 15 is 0 Å². The van der Waals surface area contributed by atoms with Crippen molar-refractivity contribution >= 4 is 17.7 Å². The second kappa shape index (κ2) is 7.83. The number of methoxy groups -OCH3 is 1. The van der Waals surface area contributed by atoms with Gasteiger partial charge in [0.1, 0.15) is 11.6 Å². The van der Waals surface area contributed by atoms with E-state index in [1.807, 2.05) is 29.2 Å². The molecule has 0 aliphatic carbocycles. The lowest BCUT2D eigenvalue weighted by atomic mass is 10.2. The van der Waals surface area contributed by atoms with Gasteiger partial charge in [0, 0.05) is 32.3 Å². The first-order valence-electron chi connectivity index (χ1n) is 8.28. The molecule has 1 heterocycles. The SMILES string of the molecule is COc1ccccc1N1CCN(C(=O)C=Cc2cccc(F)c2)CC1. The van der Waals surface area contributed by atoms with Crippen LogP contribution >= 0.6 is 0 Å². The normalized spacial score (nSPS) is 14.8. The fourth-order valence-corrected chi connectivity index (χ4v) is 2.94. The molecule has 0 atom stereocenters. The number of anilines is 1. The maximum absolute atomic E-state index is 13.2. The molecular formula is C20H21FN2O2. The molecule has 1 aliphatic heterocycles. The Balaban J connectivity index is 1.59. The predicted octanol–water partition coefficient (Wildman–Crippen LogP) is 3.20. The van der Waals surface area contributed by atoms with Gasteiger partial charge >= 0.3 is 0 Å². The van der Waals surface area contributed by atoms with E-state index in [-0.39, 0.29) is 11.7 Å². The van der Waals surface area contributed by atoms with Crippen molar-refractivity contribution in [2.75, 3.05) is 38.2 Å². The van der Waals surface area contributed by atoms with Crippen LogP contribution in [0.3, 0.4) is 0 Å². The minimum absolute atomic E-state index is 0.0519. The molecule has 0 saturated carbocycles. The van der Waals surface area contributed by atoms with Crippen LogP contribution in [0.4, 0.5) is 10.1 Å². The third-order valence-corrected chi connectivity index (χ3v) is 4.28. The summed E-state index contributed by atoms with van der Waals surface area (Å²) in [6, 6.07) is 14.1. The van der Waals surface area contributed by atoms with Crippen molar-refractivity contribution in [3.05, 3.63) is 66.0 Å². The van der Waals surface area contributed by atoms with Crippen LogP contribution in [0.15, 0.2) is 54.6 Å². The van der Waals surface area contributed by atoms with Crippen molar-refractivity contribution < 1.29 is 13.9 Å². The third-order valence-electron chi connectivity index (χ3n) is 4.28. The molecular weight excluding hydrogens is 319 g/mol. The predicted molar refractivity (Wildman–Crippen MR) is 97.2 cm³/mol. The quantitative estimate of drug-likeness (QED) is 0.802. The lowest BCUT2D eigenvalue weighted by molar-refractivity contribution is -0.126. The van der Waals surface area contributed by atoms with E-state index in [1.54, 1.807) is 25.3 Å². The van der Waals surface area contributed by atoms with Crippen LogP contribution in [0.25, 0.3) is 6.08 Å². The summed E-state index contributed by atoms with van der Waals surface area (Å²) in [6.45, 7) is 2.79. The summed E-state index contributed by atoms with van der Waals surface area (Å²) in [6.07, 6.45) is 3.16. The number of halogens is 1. The van der Waals surface area contributed by atoms with Gasteiger partial charge in [-0.1, -0.05) is 24.3 Å². The van der Waals surface area contributed by atoms with E-state index in [9.17, 15) is 9.18 Å². The number of piperazine rings is 1. The fraction of sp³-hybridized carbons (Fsp3) is 0.250. The zero-order valence-electron chi connectivity index (χ0n) is 14.2. The van der Waals surface area contributed by atoms with Gasteiger partial charge in [-0.3, -0.25) is 4.79 Å². The first-order chi connectivity index (χ1) is 12.2. The fourth-order valence-electron chi connectivity index (χ4n) is 2.94. The van der Waals surface area contributed by atoms with Crippen LogP contribution in [0.2, 0.25) is 0 Å². The van der Waals surface area contributed by atoms with Gasteiger partial charge in [-0.15, -0.1) is 0 Å². The van der Waals surface area contributed by atoms with Crippen molar-refractivity contribution in [3.63, 3.8) is 0 Å². The molecule has 0 aromatic heterocycles. The molecule has 3 rings (SSSR count). The lowest BCUT2D eigenvalue weighted by Crippen LogP contribution is -2.48. The van der Waals surface area contributed by atoms with Gasteiger partial charge in [0.25, 0.3) is 0 Å². The highest BCUT2D eigenvalue weighted by atomic mass is 19.1. The number of carbonyl (C=O) groups is 1. The van der Waals surface area contributed by atoms with E-state index in [4.69, 9.17) is 4.74 Å². The number of amides is 1. The Morgan fingerprint density at radius 1 is 1.08 bits per heavy atom. The van der Waals surface area contributed by atoms with Crippen LogP contribution in [-0.4, -0.2) is 44.1 Å². The zero-order valence-corrected chi connectivity index (χ0v) is 14.2. The van der Waals surface area contributed by atoms with Gasteiger partial charge in [-0.05, 0) is 35.9 Å². The third kappa shape index (κ3) is 4.18. The maximum atomic E-state index is 13.2. The van der Waals surface area contributed by atoms with E-state index in [1.165, 1.54) is 18.2 Å². The number of hydrogen-bond donors (Lipinski definition) is 0. The number of hydrogen-bond acceptors (Lipinski definition) is 3. The van der Waals surface area contributed by atoms with Crippen LogP contribution < -0.4 is 9.64 Å². The molecule has 25 heavy (non-hydrogen) atoms. The Labute approximate surface area is 147 Å². The van der Waals surface area contributed by atoms with Gasteiger partial charge in [0.2, 0.25) is 5.91 Å². The molecule has 1 fully saturated rings. The molecule has 1 saturated heterocycles. The van der Waals surface area contributed by atoms with Crippen molar-refractivity contribution in [1.82, 2.24) is 4.90 Å². The number of ether oxygens (including phenoxy) is 1. The number of benzene rings is 2. The molecule has 5 heteroatoms. The monoisotopic (exact) mass is 340 g/mol. The Bertz CT molecular complexity index is 768. The van der Waals surface area contributed by atoms with E-state index < -0.39 is 0 Å². The summed E-state index contributed by atoms with van der Waals surface area (Å²) in [7, 11) is 1.66. The molecule has 4 nitrogen and oxygen atoms in total. The Kier molecular flexibility index (Phi) is 5.33. The van der Waals surface area contributed by atoms with Crippen molar-refractivity contribution in [1.29, 1.82) is 0 Å². The molecule has 2 aromatic carbocycles. The average Bonchev–Trinajstić information content (AvgIpc) is 2.66. The van der Waals surface area contributed by atoms with E-state index in [0.29, 0.717) is 18.7 Å². The van der Waals surface area contributed by atoms with E-state index in [2.05, 4.69) is 4.90 Å². The largest absolute Gasteiger partial charge is 0.495 e. The minimum atomic E-state index is -0.306. The molecule has 0 bridgehead atoms. The maximum Gasteiger partial charge on any atom is 0.246 e. The summed E-state index contributed by atoms with van der Waals surface area (Å²) in [5.74, 6) is 0.484. The Hall–Kier alpha value is -2.82. The van der Waals surface area contributed by atoms with E-state index in [0.717, 1.165) is 24.5 Å². The summed E-state index contributed by atoms with van der Waals surface area (Å²) < 4.78 is 18.6. The first kappa shape index (κ1) is 17.0. The number of para-hydroxylation sites is 2. The van der Waals surface area contributed by atoms with Crippen LogP contribution in [0, 0.1) is 5.82 Å². The highest BCUT2D eigenvalue weighted by molar-refractivity contribution is 5.92. The molecule has 2 aromatic rings. The van der Waals surface area contributed by atoms with Crippen LogP contribution in [-0.2, 0) is 4.79 Å². The molecule has 0 spiro atoms. The van der Waals surface area contributed by atoms with Gasteiger partial charge in [0.05, 0.1) is 12.8 Å². The molecule has 0 radical (unpaired) electrons. The number of rotatable bonds is 4. The summed E-state index contributed by atoms with van der Waals surface area (Å²) >= 11 is 0. The second-order valence-corrected chi connectivity index (χ2v) is 5.87.